The third kappa shape index (κ3) is 3.19. The number of rotatable bonds is 5. The second-order valence-corrected chi connectivity index (χ2v) is 5.65. The molecular weight excluding hydrogens is 334 g/mol. The second-order valence-electron chi connectivity index (χ2n) is 5.65. The number of hydrogen-bond acceptors (Lipinski definition) is 5. The van der Waals surface area contributed by atoms with Crippen LogP contribution in [0.2, 0.25) is 0 Å². The molecule has 1 aliphatic rings. The van der Waals surface area contributed by atoms with E-state index in [-0.39, 0.29) is 12.7 Å². The normalized spacial score (nSPS) is 12.0. The van der Waals surface area contributed by atoms with E-state index in [1.165, 1.54) is 0 Å². The predicted molar refractivity (Wildman–Crippen MR) is 95.7 cm³/mol. The van der Waals surface area contributed by atoms with Crippen molar-refractivity contribution in [2.75, 3.05) is 18.7 Å². The van der Waals surface area contributed by atoms with Crippen LogP contribution in [0.1, 0.15) is 17.4 Å². The SMILES string of the molecule is CCOc1ccc(NC(=O)c2cc(-c3ccc4c(c3)OCO4)n[nH]2)cc1. The van der Waals surface area contributed by atoms with Crippen LogP contribution in [0.4, 0.5) is 5.69 Å². The lowest BCUT2D eigenvalue weighted by Crippen LogP contribution is -2.12. The molecule has 26 heavy (non-hydrogen) atoms. The Bertz CT molecular complexity index is 934. The summed E-state index contributed by atoms with van der Waals surface area (Å²) in [6.07, 6.45) is 0. The van der Waals surface area contributed by atoms with E-state index in [4.69, 9.17) is 14.2 Å². The number of H-pyrrole nitrogens is 1. The molecule has 2 N–H and O–H groups in total. The van der Waals surface area contributed by atoms with E-state index in [1.807, 2.05) is 37.3 Å². The zero-order valence-corrected chi connectivity index (χ0v) is 14.1. The minimum atomic E-state index is -0.270. The zero-order valence-electron chi connectivity index (χ0n) is 14.1. The van der Waals surface area contributed by atoms with Crippen LogP contribution in [0, 0.1) is 0 Å². The number of aromatic amines is 1. The van der Waals surface area contributed by atoms with E-state index in [0.717, 1.165) is 11.3 Å². The van der Waals surface area contributed by atoms with Crippen LogP contribution in [0.25, 0.3) is 11.3 Å². The van der Waals surface area contributed by atoms with Gasteiger partial charge in [-0.2, -0.15) is 5.10 Å². The summed E-state index contributed by atoms with van der Waals surface area (Å²) in [5, 5.41) is 9.80. The Morgan fingerprint density at radius 3 is 2.77 bits per heavy atom. The van der Waals surface area contributed by atoms with Gasteiger partial charge in [0.25, 0.3) is 5.91 Å². The number of carbonyl (C=O) groups is 1. The summed E-state index contributed by atoms with van der Waals surface area (Å²) >= 11 is 0. The molecule has 1 amide bonds. The maximum atomic E-state index is 12.4. The summed E-state index contributed by atoms with van der Waals surface area (Å²) in [4.78, 5) is 12.4. The number of amides is 1. The molecular formula is C19H17N3O4. The summed E-state index contributed by atoms with van der Waals surface area (Å²) in [5.74, 6) is 1.87. The second kappa shape index (κ2) is 6.79. The van der Waals surface area contributed by atoms with Gasteiger partial charge in [-0.1, -0.05) is 0 Å². The molecule has 4 rings (SSSR count). The van der Waals surface area contributed by atoms with E-state index in [2.05, 4.69) is 15.5 Å². The number of ether oxygens (including phenoxy) is 3. The van der Waals surface area contributed by atoms with E-state index in [9.17, 15) is 4.79 Å². The summed E-state index contributed by atoms with van der Waals surface area (Å²) < 4.78 is 16.1. The van der Waals surface area contributed by atoms with Crippen LogP contribution in [0.5, 0.6) is 17.2 Å². The standard InChI is InChI=1S/C19H17N3O4/c1-2-24-14-6-4-13(5-7-14)20-19(23)16-10-15(21-22-16)12-3-8-17-18(9-12)26-11-25-17/h3-10H,2,11H2,1H3,(H,20,23)(H,21,22). The fourth-order valence-electron chi connectivity index (χ4n) is 2.64. The average Bonchev–Trinajstić information content (AvgIpc) is 3.32. The molecule has 0 atom stereocenters. The van der Waals surface area contributed by atoms with Gasteiger partial charge < -0.3 is 19.5 Å². The number of nitrogens with zero attached hydrogens (tertiary/aromatic N) is 1. The maximum Gasteiger partial charge on any atom is 0.273 e. The van der Waals surface area contributed by atoms with E-state index in [1.54, 1.807) is 18.2 Å². The lowest BCUT2D eigenvalue weighted by molar-refractivity contribution is 0.102. The number of fused-ring (bicyclic) bond motifs is 1. The number of nitrogens with one attached hydrogen (secondary N) is 2. The maximum absolute atomic E-state index is 12.4. The molecule has 0 aliphatic carbocycles. The van der Waals surface area contributed by atoms with Crippen molar-refractivity contribution in [2.45, 2.75) is 6.92 Å². The van der Waals surface area contributed by atoms with Crippen molar-refractivity contribution in [1.82, 2.24) is 10.2 Å². The van der Waals surface area contributed by atoms with Gasteiger partial charge in [0.15, 0.2) is 11.5 Å². The van der Waals surface area contributed by atoms with Crippen molar-refractivity contribution < 1.29 is 19.0 Å². The van der Waals surface area contributed by atoms with Crippen molar-refractivity contribution in [2.24, 2.45) is 0 Å². The molecule has 7 nitrogen and oxygen atoms in total. The van der Waals surface area contributed by atoms with Gasteiger partial charge in [-0.3, -0.25) is 9.89 Å². The monoisotopic (exact) mass is 351 g/mol. The first-order chi connectivity index (χ1) is 12.7. The molecule has 1 aromatic heterocycles. The molecule has 0 unspecified atom stereocenters. The van der Waals surface area contributed by atoms with Crippen molar-refractivity contribution in [3.8, 4) is 28.5 Å². The van der Waals surface area contributed by atoms with Crippen LogP contribution < -0.4 is 19.5 Å². The Morgan fingerprint density at radius 1 is 1.15 bits per heavy atom. The first-order valence-electron chi connectivity index (χ1n) is 8.22. The van der Waals surface area contributed by atoms with Gasteiger partial charge >= 0.3 is 0 Å². The van der Waals surface area contributed by atoms with Gasteiger partial charge in [0, 0.05) is 11.3 Å². The van der Waals surface area contributed by atoms with E-state index >= 15 is 0 Å². The molecule has 0 fully saturated rings. The van der Waals surface area contributed by atoms with Gasteiger partial charge in [0.1, 0.15) is 11.4 Å². The fourth-order valence-corrected chi connectivity index (χ4v) is 2.64. The highest BCUT2D eigenvalue weighted by atomic mass is 16.7. The average molecular weight is 351 g/mol. The largest absolute Gasteiger partial charge is 0.494 e. The van der Waals surface area contributed by atoms with Gasteiger partial charge in [-0.25, -0.2) is 0 Å². The first-order valence-corrected chi connectivity index (χ1v) is 8.22. The van der Waals surface area contributed by atoms with E-state index in [0.29, 0.717) is 35.2 Å². The number of hydrogen-bond donors (Lipinski definition) is 2. The Labute approximate surface area is 149 Å². The molecule has 3 aromatic rings. The van der Waals surface area contributed by atoms with Crippen LogP contribution >= 0.6 is 0 Å². The molecule has 0 saturated carbocycles. The molecule has 2 aromatic carbocycles. The Balaban J connectivity index is 1.47. The van der Waals surface area contributed by atoms with Crippen LogP contribution in [0.15, 0.2) is 48.5 Å². The Kier molecular flexibility index (Phi) is 4.18. The van der Waals surface area contributed by atoms with Crippen LogP contribution in [-0.4, -0.2) is 29.5 Å². The third-order valence-corrected chi connectivity index (χ3v) is 3.91. The highest BCUT2D eigenvalue weighted by Crippen LogP contribution is 2.35. The first kappa shape index (κ1) is 16.0. The molecule has 0 spiro atoms. The van der Waals surface area contributed by atoms with Gasteiger partial charge in [0.2, 0.25) is 6.79 Å². The van der Waals surface area contributed by atoms with Crippen molar-refractivity contribution in [3.63, 3.8) is 0 Å². The quantitative estimate of drug-likeness (QED) is 0.735. The molecule has 1 aliphatic heterocycles. The summed E-state index contributed by atoms with van der Waals surface area (Å²) in [5.41, 5.74) is 2.54. The summed E-state index contributed by atoms with van der Waals surface area (Å²) in [6.45, 7) is 2.74. The molecule has 0 radical (unpaired) electrons. The molecule has 7 heteroatoms. The van der Waals surface area contributed by atoms with Gasteiger partial charge in [-0.15, -0.1) is 0 Å². The summed E-state index contributed by atoms with van der Waals surface area (Å²) in [7, 11) is 0. The van der Waals surface area contributed by atoms with Crippen molar-refractivity contribution >= 4 is 11.6 Å². The highest BCUT2D eigenvalue weighted by Gasteiger charge is 2.16. The van der Waals surface area contributed by atoms with Crippen LogP contribution in [-0.2, 0) is 0 Å². The smallest absolute Gasteiger partial charge is 0.273 e. The topological polar surface area (TPSA) is 85.5 Å². The lowest BCUT2D eigenvalue weighted by Gasteiger charge is -2.06. The molecule has 0 bridgehead atoms. The van der Waals surface area contributed by atoms with Crippen molar-refractivity contribution in [3.05, 3.63) is 54.2 Å². The summed E-state index contributed by atoms with van der Waals surface area (Å²) in [6, 6.07) is 14.4. The number of carbonyl (C=O) groups excluding carboxylic acids is 1. The predicted octanol–water partition coefficient (Wildman–Crippen LogP) is 3.46. The Hall–Kier alpha value is -3.48. The number of aromatic nitrogens is 2. The minimum Gasteiger partial charge on any atom is -0.494 e. The minimum absolute atomic E-state index is 0.217. The Morgan fingerprint density at radius 2 is 1.96 bits per heavy atom. The zero-order chi connectivity index (χ0) is 17.9. The number of benzene rings is 2. The van der Waals surface area contributed by atoms with Crippen molar-refractivity contribution in [1.29, 1.82) is 0 Å². The van der Waals surface area contributed by atoms with Gasteiger partial charge in [0.05, 0.1) is 12.3 Å². The lowest BCUT2D eigenvalue weighted by atomic mass is 10.1. The third-order valence-electron chi connectivity index (χ3n) is 3.91. The van der Waals surface area contributed by atoms with Gasteiger partial charge in [-0.05, 0) is 55.5 Å². The van der Waals surface area contributed by atoms with E-state index < -0.39 is 0 Å². The molecule has 2 heterocycles. The highest BCUT2D eigenvalue weighted by molar-refractivity contribution is 6.03. The molecule has 0 saturated heterocycles. The van der Waals surface area contributed by atoms with Crippen LogP contribution in [0.3, 0.4) is 0 Å². The molecule has 132 valence electrons. The fraction of sp³-hybridized carbons (Fsp3) is 0.158. The number of anilines is 1.